The van der Waals surface area contributed by atoms with Gasteiger partial charge < -0.3 is 10.6 Å². The van der Waals surface area contributed by atoms with Crippen LogP contribution in [0.1, 0.15) is 45.2 Å². The van der Waals surface area contributed by atoms with Gasteiger partial charge in [-0.3, -0.25) is 4.99 Å². The highest BCUT2D eigenvalue weighted by atomic mass is 127. The van der Waals surface area contributed by atoms with E-state index in [1.54, 1.807) is 14.0 Å². The van der Waals surface area contributed by atoms with Crippen LogP contribution in [0.5, 0.6) is 0 Å². The zero-order valence-corrected chi connectivity index (χ0v) is 20.3. The fourth-order valence-corrected chi connectivity index (χ4v) is 3.00. The Morgan fingerprint density at radius 3 is 2.15 bits per heavy atom. The summed E-state index contributed by atoms with van der Waals surface area (Å²) in [5.41, 5.74) is 2.80. The van der Waals surface area contributed by atoms with E-state index in [0.29, 0.717) is 19.5 Å². The first-order chi connectivity index (χ1) is 12.2. The quantitative estimate of drug-likeness (QED) is 0.207. The van der Waals surface area contributed by atoms with Crippen molar-refractivity contribution < 1.29 is 8.42 Å². The molecule has 1 aromatic carbocycles. The number of nitrogens with one attached hydrogen (secondary N) is 3. The number of rotatable bonds is 9. The summed E-state index contributed by atoms with van der Waals surface area (Å²) in [7, 11) is -1.38. The lowest BCUT2D eigenvalue weighted by Gasteiger charge is -2.19. The number of hydrogen-bond acceptors (Lipinski definition) is 3. The number of hydrogen-bond donors (Lipinski definition) is 3. The largest absolute Gasteiger partial charge is 0.356 e. The van der Waals surface area contributed by atoms with Crippen LogP contribution in [0.15, 0.2) is 29.3 Å². The average Bonchev–Trinajstić information content (AvgIpc) is 2.59. The number of guanidine groups is 1. The lowest BCUT2D eigenvalue weighted by atomic mass is 9.86. The molecule has 0 aliphatic carbocycles. The van der Waals surface area contributed by atoms with E-state index in [2.05, 4.69) is 65.4 Å². The van der Waals surface area contributed by atoms with Crippen LogP contribution in [-0.2, 0) is 21.9 Å². The van der Waals surface area contributed by atoms with E-state index in [0.717, 1.165) is 18.9 Å². The van der Waals surface area contributed by atoms with Gasteiger partial charge in [-0.25, -0.2) is 13.1 Å². The summed E-state index contributed by atoms with van der Waals surface area (Å²) in [6.07, 6.45) is 1.62. The molecule has 0 fully saturated rings. The number of sulfonamides is 1. The zero-order chi connectivity index (χ0) is 19.6. The average molecular weight is 510 g/mol. The minimum Gasteiger partial charge on any atom is -0.356 e. The first-order valence-corrected chi connectivity index (χ1v) is 10.8. The van der Waals surface area contributed by atoms with Gasteiger partial charge in [0.25, 0.3) is 0 Å². The molecule has 156 valence electrons. The molecule has 0 saturated heterocycles. The molecule has 0 spiro atoms. The second kappa shape index (κ2) is 12.6. The van der Waals surface area contributed by atoms with Crippen LogP contribution in [0.25, 0.3) is 0 Å². The maximum Gasteiger partial charge on any atom is 0.211 e. The van der Waals surface area contributed by atoms with Crippen LogP contribution >= 0.6 is 24.0 Å². The predicted molar refractivity (Wildman–Crippen MR) is 126 cm³/mol. The molecule has 27 heavy (non-hydrogen) atoms. The summed E-state index contributed by atoms with van der Waals surface area (Å²) in [5.74, 6) is 0.843. The highest BCUT2D eigenvalue weighted by molar-refractivity contribution is 14.0. The molecule has 0 atom stereocenters. The molecule has 0 aliphatic heterocycles. The number of benzene rings is 1. The molecular weight excluding hydrogens is 475 g/mol. The van der Waals surface area contributed by atoms with Crippen LogP contribution < -0.4 is 15.4 Å². The van der Waals surface area contributed by atoms with E-state index >= 15 is 0 Å². The van der Waals surface area contributed by atoms with Crippen molar-refractivity contribution in [2.45, 2.75) is 46.0 Å². The molecular formula is C19H35IN4O2S. The third-order valence-corrected chi connectivity index (χ3v) is 5.50. The van der Waals surface area contributed by atoms with Crippen LogP contribution in [0.4, 0.5) is 0 Å². The smallest absolute Gasteiger partial charge is 0.211 e. The molecule has 6 nitrogen and oxygen atoms in total. The van der Waals surface area contributed by atoms with Gasteiger partial charge in [-0.1, -0.05) is 45.0 Å². The molecule has 8 heteroatoms. The van der Waals surface area contributed by atoms with Crippen molar-refractivity contribution in [2.75, 3.05) is 32.4 Å². The standard InChI is InChI=1S/C19H34N4O2S.HI/c1-6-26(24,25)23-14-7-13-21-18(20-5)22-15-12-16-8-10-17(11-9-16)19(2,3)4;/h8-11,23H,6-7,12-15H2,1-5H3,(H2,20,21,22);1H. The van der Waals surface area contributed by atoms with E-state index in [1.165, 1.54) is 11.1 Å². The Labute approximate surface area is 182 Å². The van der Waals surface area contributed by atoms with E-state index in [1.807, 2.05) is 0 Å². The monoisotopic (exact) mass is 510 g/mol. The summed E-state index contributed by atoms with van der Waals surface area (Å²) < 4.78 is 25.2. The number of halogens is 1. The van der Waals surface area contributed by atoms with Gasteiger partial charge in [0.1, 0.15) is 0 Å². The normalized spacial score (nSPS) is 12.4. The van der Waals surface area contributed by atoms with Gasteiger partial charge in [0, 0.05) is 26.7 Å². The second-order valence-electron chi connectivity index (χ2n) is 7.27. The van der Waals surface area contributed by atoms with E-state index in [-0.39, 0.29) is 35.1 Å². The van der Waals surface area contributed by atoms with Gasteiger partial charge in [0.05, 0.1) is 5.75 Å². The van der Waals surface area contributed by atoms with Crippen molar-refractivity contribution in [3.05, 3.63) is 35.4 Å². The molecule has 1 rings (SSSR count). The predicted octanol–water partition coefficient (Wildman–Crippen LogP) is 2.64. The van der Waals surface area contributed by atoms with E-state index in [4.69, 9.17) is 0 Å². The Morgan fingerprint density at radius 1 is 1.04 bits per heavy atom. The lowest BCUT2D eigenvalue weighted by molar-refractivity contribution is 0.579. The Balaban J connectivity index is 0.00000676. The van der Waals surface area contributed by atoms with Crippen molar-refractivity contribution in [3.63, 3.8) is 0 Å². The van der Waals surface area contributed by atoms with E-state index < -0.39 is 10.0 Å². The highest BCUT2D eigenvalue weighted by Crippen LogP contribution is 2.22. The van der Waals surface area contributed by atoms with Crippen LogP contribution in [-0.4, -0.2) is 46.8 Å². The van der Waals surface area contributed by atoms with Crippen molar-refractivity contribution >= 4 is 40.0 Å². The Bertz CT molecular complexity index is 668. The molecule has 0 bridgehead atoms. The summed E-state index contributed by atoms with van der Waals surface area (Å²) in [6, 6.07) is 8.75. The number of nitrogens with zero attached hydrogens (tertiary/aromatic N) is 1. The van der Waals surface area contributed by atoms with Gasteiger partial charge in [-0.15, -0.1) is 24.0 Å². The fraction of sp³-hybridized carbons (Fsp3) is 0.632. The molecule has 0 aromatic heterocycles. The summed E-state index contributed by atoms with van der Waals surface area (Å²) in [5, 5.41) is 6.47. The zero-order valence-electron chi connectivity index (χ0n) is 17.1. The fourth-order valence-electron chi connectivity index (χ4n) is 2.34. The molecule has 0 heterocycles. The van der Waals surface area contributed by atoms with Gasteiger partial charge in [-0.2, -0.15) is 0 Å². The topological polar surface area (TPSA) is 82.6 Å². The van der Waals surface area contributed by atoms with Gasteiger partial charge in [0.2, 0.25) is 10.0 Å². The Kier molecular flexibility index (Phi) is 12.2. The molecule has 0 amide bonds. The van der Waals surface area contributed by atoms with Crippen LogP contribution in [0.3, 0.4) is 0 Å². The minimum atomic E-state index is -3.11. The van der Waals surface area contributed by atoms with Crippen molar-refractivity contribution in [3.8, 4) is 0 Å². The third kappa shape index (κ3) is 10.9. The highest BCUT2D eigenvalue weighted by Gasteiger charge is 2.12. The minimum absolute atomic E-state index is 0. The van der Waals surface area contributed by atoms with Gasteiger partial charge in [0.15, 0.2) is 5.96 Å². The molecule has 0 radical (unpaired) electrons. The van der Waals surface area contributed by atoms with Crippen molar-refractivity contribution in [1.29, 1.82) is 0 Å². The van der Waals surface area contributed by atoms with Gasteiger partial charge in [-0.05, 0) is 36.3 Å². The summed E-state index contributed by atoms with van der Waals surface area (Å²) >= 11 is 0. The summed E-state index contributed by atoms with van der Waals surface area (Å²) in [6.45, 7) is 10.2. The lowest BCUT2D eigenvalue weighted by Crippen LogP contribution is -2.39. The molecule has 0 unspecified atom stereocenters. The van der Waals surface area contributed by atoms with Crippen LogP contribution in [0.2, 0.25) is 0 Å². The third-order valence-electron chi connectivity index (χ3n) is 4.10. The molecule has 0 aliphatic rings. The number of aliphatic imine (C=N–C) groups is 1. The molecule has 0 saturated carbocycles. The maximum atomic E-state index is 11.3. The first-order valence-electron chi connectivity index (χ1n) is 9.19. The van der Waals surface area contributed by atoms with Gasteiger partial charge >= 0.3 is 0 Å². The molecule has 1 aromatic rings. The molecule has 3 N–H and O–H groups in total. The van der Waals surface area contributed by atoms with E-state index in [9.17, 15) is 8.42 Å². The Morgan fingerprint density at radius 2 is 1.63 bits per heavy atom. The first kappa shape index (κ1) is 26.1. The Hall–Kier alpha value is -0.870. The van der Waals surface area contributed by atoms with Crippen LogP contribution in [0, 0.1) is 0 Å². The van der Waals surface area contributed by atoms with Crippen molar-refractivity contribution in [1.82, 2.24) is 15.4 Å². The maximum absolute atomic E-state index is 11.3. The second-order valence-corrected chi connectivity index (χ2v) is 9.37. The SMILES string of the molecule is CCS(=O)(=O)NCCCNC(=NC)NCCc1ccc(C(C)(C)C)cc1.I. The van der Waals surface area contributed by atoms with Crippen molar-refractivity contribution in [2.24, 2.45) is 4.99 Å². The summed E-state index contributed by atoms with van der Waals surface area (Å²) in [4.78, 5) is 4.18.